The minimum Gasteiger partial charge on any atom is -0.367 e. The molecule has 1 amide bonds. The van der Waals surface area contributed by atoms with Crippen LogP contribution in [0.5, 0.6) is 0 Å². The van der Waals surface area contributed by atoms with Crippen LogP contribution in [0.4, 0.5) is 5.69 Å². The lowest BCUT2D eigenvalue weighted by atomic mass is 9.62. The fraction of sp³-hybridized carbons (Fsp3) is 0.556. The predicted octanol–water partition coefficient (Wildman–Crippen LogP) is 3.81. The van der Waals surface area contributed by atoms with E-state index in [4.69, 9.17) is 21.1 Å². The zero-order valence-corrected chi connectivity index (χ0v) is 15.8. The van der Waals surface area contributed by atoms with E-state index < -0.39 is 5.60 Å². The molecule has 0 N–H and O–H groups in total. The van der Waals surface area contributed by atoms with Gasteiger partial charge in [0.2, 0.25) is 5.91 Å². The van der Waals surface area contributed by atoms with Gasteiger partial charge in [-0.25, -0.2) is 0 Å². The van der Waals surface area contributed by atoms with Crippen LogP contribution in [0.2, 0.25) is 5.02 Å². The van der Waals surface area contributed by atoms with Crippen molar-refractivity contribution in [2.24, 2.45) is 17.8 Å². The summed E-state index contributed by atoms with van der Waals surface area (Å²) in [6.07, 6.45) is 2.82. The number of anilines is 1. The molecule has 4 fully saturated rings. The average Bonchev–Trinajstić information content (AvgIpc) is 3.07. The van der Waals surface area contributed by atoms with Gasteiger partial charge in [0.15, 0.2) is 0 Å². The van der Waals surface area contributed by atoms with Crippen LogP contribution in [-0.2, 0) is 14.3 Å². The van der Waals surface area contributed by atoms with Crippen molar-refractivity contribution in [2.45, 2.75) is 37.7 Å². The summed E-state index contributed by atoms with van der Waals surface area (Å²) in [5, 5.41) is 0.629. The summed E-state index contributed by atoms with van der Waals surface area (Å²) < 4.78 is 13.4. The van der Waals surface area contributed by atoms with Crippen LogP contribution in [0.1, 0.15) is 20.3 Å². The lowest BCUT2D eigenvalue weighted by Gasteiger charge is -2.44. The van der Waals surface area contributed by atoms with E-state index in [2.05, 4.69) is 36.2 Å². The third-order valence-corrected chi connectivity index (χ3v) is 7.54. The van der Waals surface area contributed by atoms with E-state index >= 15 is 0 Å². The van der Waals surface area contributed by atoms with Gasteiger partial charge in [-0.05, 0) is 53.4 Å². The monoisotopic (exact) mass is 410 g/mol. The molecule has 4 aliphatic rings. The largest absolute Gasteiger partial charge is 0.367 e. The van der Waals surface area contributed by atoms with Crippen LogP contribution in [-0.4, -0.2) is 29.9 Å². The van der Waals surface area contributed by atoms with Gasteiger partial charge in [0.25, 0.3) is 0 Å². The third-order valence-electron chi connectivity index (χ3n) is 6.33. The Bertz CT molecular complexity index is 758. The van der Waals surface area contributed by atoms with Crippen LogP contribution in [0, 0.1) is 24.2 Å². The Labute approximate surface area is 154 Å². The molecule has 0 aromatic heterocycles. The Morgan fingerprint density at radius 3 is 2.96 bits per heavy atom. The maximum Gasteiger partial charge on any atom is 0.235 e. The Hall–Kier alpha value is -0.620. The number of amides is 1. The van der Waals surface area contributed by atoms with E-state index in [-0.39, 0.29) is 29.6 Å². The van der Waals surface area contributed by atoms with Gasteiger partial charge in [-0.2, -0.15) is 0 Å². The molecule has 1 aromatic rings. The average molecular weight is 412 g/mol. The Morgan fingerprint density at radius 2 is 2.21 bits per heavy atom. The summed E-state index contributed by atoms with van der Waals surface area (Å²) >= 11 is 9.57. The molecule has 1 aromatic carbocycles. The molecule has 1 spiro atoms. The van der Waals surface area contributed by atoms with E-state index in [9.17, 15) is 4.79 Å². The first-order valence-corrected chi connectivity index (χ1v) is 9.50. The highest BCUT2D eigenvalue weighted by molar-refractivity contribution is 9.10. The van der Waals surface area contributed by atoms with E-state index in [1.165, 1.54) is 0 Å². The molecule has 4 aliphatic heterocycles. The van der Waals surface area contributed by atoms with Gasteiger partial charge in [0, 0.05) is 22.5 Å². The second-order valence-electron chi connectivity index (χ2n) is 7.52. The fourth-order valence-electron chi connectivity index (χ4n) is 5.46. The molecule has 4 heterocycles. The number of hydrogen-bond donors (Lipinski definition) is 0. The van der Waals surface area contributed by atoms with Crippen LogP contribution < -0.4 is 4.90 Å². The summed E-state index contributed by atoms with van der Waals surface area (Å²) in [5.41, 5.74) is 0.0606. The van der Waals surface area contributed by atoms with Gasteiger partial charge < -0.3 is 9.47 Å². The summed E-state index contributed by atoms with van der Waals surface area (Å²) in [7, 11) is 0. The summed E-state index contributed by atoms with van der Waals surface area (Å²) in [4.78, 5) is 15.1. The zero-order valence-electron chi connectivity index (χ0n) is 13.5. The van der Waals surface area contributed by atoms with Gasteiger partial charge >= 0.3 is 0 Å². The standard InChI is InChI=1S/C18H18BrClNO3/c1-9-8-17(2)13-14-16(23-6-5-18(9,14)24-17)21(15(13)22)10-3-4-12(20)11(19)7-10/h3-4,7-9,13-14,16H,5-6H2,1-2H3/t9?,13-,14+,16+,17+,18-/m1/s1. The third kappa shape index (κ3) is 1.70. The number of nitrogens with zero attached hydrogens (tertiary/aromatic N) is 1. The highest BCUT2D eigenvalue weighted by Gasteiger charge is 2.77. The number of carbonyl (C=O) groups excluding carboxylic acids is 1. The number of halogens is 2. The topological polar surface area (TPSA) is 38.8 Å². The van der Waals surface area contributed by atoms with Crippen molar-refractivity contribution < 1.29 is 14.3 Å². The van der Waals surface area contributed by atoms with Gasteiger partial charge in [0.1, 0.15) is 6.23 Å². The van der Waals surface area contributed by atoms with Crippen molar-refractivity contribution in [2.75, 3.05) is 11.5 Å². The normalized spacial score (nSPS) is 45.8. The van der Waals surface area contributed by atoms with Crippen LogP contribution >= 0.6 is 27.5 Å². The number of ether oxygens (including phenoxy) is 2. The van der Waals surface area contributed by atoms with E-state index in [0.717, 1.165) is 16.6 Å². The number of hydrogen-bond acceptors (Lipinski definition) is 3. The van der Waals surface area contributed by atoms with Gasteiger partial charge in [0.05, 0.1) is 28.7 Å². The minimum absolute atomic E-state index is 0.0817. The predicted molar refractivity (Wildman–Crippen MR) is 93.7 cm³/mol. The quantitative estimate of drug-likeness (QED) is 0.705. The fourth-order valence-corrected chi connectivity index (χ4v) is 5.95. The van der Waals surface area contributed by atoms with E-state index in [1.54, 1.807) is 0 Å². The number of benzene rings is 1. The van der Waals surface area contributed by atoms with E-state index in [0.29, 0.717) is 17.5 Å². The second kappa shape index (κ2) is 4.76. The van der Waals surface area contributed by atoms with E-state index in [1.807, 2.05) is 23.1 Å². The number of carbonyl (C=O) groups is 1. The molecule has 6 atom stereocenters. The number of rotatable bonds is 1. The molecule has 1 radical (unpaired) electrons. The highest BCUT2D eigenvalue weighted by Crippen LogP contribution is 2.66. The molecular weight excluding hydrogens is 394 g/mol. The Balaban J connectivity index is 1.63. The number of fused-ring (bicyclic) bond motifs is 2. The van der Waals surface area contributed by atoms with Crippen LogP contribution in [0.25, 0.3) is 0 Å². The van der Waals surface area contributed by atoms with Crippen LogP contribution in [0.15, 0.2) is 22.7 Å². The molecule has 127 valence electrons. The van der Waals surface area contributed by atoms with Crippen molar-refractivity contribution in [3.8, 4) is 0 Å². The SMILES string of the molecule is CC1[CH][C@]2(C)O[C@]13CCO[C@H]1[C@@H]3[C@@H]2C(=O)N1c1ccc(Cl)c(Br)c1. The molecule has 4 nitrogen and oxygen atoms in total. The van der Waals surface area contributed by atoms with Crippen molar-refractivity contribution in [3.05, 3.63) is 34.1 Å². The maximum atomic E-state index is 13.3. The summed E-state index contributed by atoms with van der Waals surface area (Å²) in [6.45, 7) is 4.87. The van der Waals surface area contributed by atoms with Gasteiger partial charge in [-0.15, -0.1) is 0 Å². The maximum absolute atomic E-state index is 13.3. The highest BCUT2D eigenvalue weighted by atomic mass is 79.9. The van der Waals surface area contributed by atoms with Crippen LogP contribution in [0.3, 0.4) is 0 Å². The second-order valence-corrected chi connectivity index (χ2v) is 8.78. The lowest BCUT2D eigenvalue weighted by Crippen LogP contribution is -2.54. The van der Waals surface area contributed by atoms with Crippen molar-refractivity contribution >= 4 is 39.1 Å². The summed E-state index contributed by atoms with van der Waals surface area (Å²) in [5.74, 6) is 0.333. The zero-order chi connectivity index (χ0) is 16.9. The molecule has 0 saturated carbocycles. The lowest BCUT2D eigenvalue weighted by molar-refractivity contribution is -0.148. The molecule has 1 unspecified atom stereocenters. The summed E-state index contributed by atoms with van der Waals surface area (Å²) in [6, 6.07) is 5.58. The first-order chi connectivity index (χ1) is 11.4. The molecule has 6 heteroatoms. The van der Waals surface area contributed by atoms with Crippen molar-refractivity contribution in [3.63, 3.8) is 0 Å². The smallest absolute Gasteiger partial charge is 0.235 e. The van der Waals surface area contributed by atoms with Crippen molar-refractivity contribution in [1.29, 1.82) is 0 Å². The van der Waals surface area contributed by atoms with Gasteiger partial charge in [-0.3, -0.25) is 9.69 Å². The first-order valence-electron chi connectivity index (χ1n) is 8.33. The van der Waals surface area contributed by atoms with Gasteiger partial charge in [-0.1, -0.05) is 18.5 Å². The Morgan fingerprint density at radius 1 is 1.42 bits per heavy atom. The molecule has 4 saturated heterocycles. The van der Waals surface area contributed by atoms with Crippen molar-refractivity contribution in [1.82, 2.24) is 0 Å². The first kappa shape index (κ1) is 15.6. The molecule has 2 bridgehead atoms. The molecule has 24 heavy (non-hydrogen) atoms. The molecule has 0 aliphatic carbocycles. The molecular formula is C18H18BrClNO3. The molecule has 5 rings (SSSR count). The minimum atomic E-state index is -0.495. The Kier molecular flexibility index (Phi) is 3.10.